The molecule has 3 fully saturated rings. The van der Waals surface area contributed by atoms with Crippen molar-refractivity contribution >= 4 is 0 Å². The van der Waals surface area contributed by atoms with Gasteiger partial charge in [0.05, 0.1) is 6.10 Å². The van der Waals surface area contributed by atoms with E-state index in [-0.39, 0.29) is 27.9 Å². The van der Waals surface area contributed by atoms with Crippen LogP contribution in [0.2, 0.25) is 0 Å². The van der Waals surface area contributed by atoms with E-state index in [1.165, 1.54) is 24.8 Å². The molecule has 1 heterocycles. The molecule has 0 radical (unpaired) electrons. The molecule has 2 N–H and O–H groups in total. The molecule has 30 heavy (non-hydrogen) atoms. The highest BCUT2D eigenvalue weighted by molar-refractivity contribution is 5.48. The SMILES string of the molecule is Cc1cc(O)cc2c1O[C@]1(C)CC[C@@H]3[C@@](C)(CC[C@H]4C(C)(C)[C@H](O)CC[C@]34C)[C@H]1C2. The van der Waals surface area contributed by atoms with Gasteiger partial charge in [0.25, 0.3) is 0 Å². The van der Waals surface area contributed by atoms with Crippen molar-refractivity contribution < 1.29 is 14.9 Å². The molecule has 1 aromatic rings. The van der Waals surface area contributed by atoms with Gasteiger partial charge in [-0.2, -0.15) is 0 Å². The number of aromatic hydroxyl groups is 1. The second-order valence-corrected chi connectivity index (χ2v) is 12.5. The summed E-state index contributed by atoms with van der Waals surface area (Å²) in [5.41, 5.74) is 2.61. The average Bonchev–Trinajstić information content (AvgIpc) is 2.64. The lowest BCUT2D eigenvalue weighted by Gasteiger charge is -2.69. The second kappa shape index (κ2) is 6.18. The minimum Gasteiger partial charge on any atom is -0.508 e. The summed E-state index contributed by atoms with van der Waals surface area (Å²) in [4.78, 5) is 0. The molecule has 3 saturated carbocycles. The van der Waals surface area contributed by atoms with Crippen LogP contribution in [0.4, 0.5) is 0 Å². The molecule has 4 aliphatic rings. The summed E-state index contributed by atoms with van der Waals surface area (Å²) in [5.74, 6) is 3.08. The van der Waals surface area contributed by atoms with Gasteiger partial charge in [-0.15, -0.1) is 0 Å². The minimum absolute atomic E-state index is 0.00630. The van der Waals surface area contributed by atoms with Crippen LogP contribution in [0.25, 0.3) is 0 Å². The van der Waals surface area contributed by atoms with Crippen molar-refractivity contribution in [2.45, 2.75) is 98.2 Å². The fourth-order valence-corrected chi connectivity index (χ4v) is 9.11. The van der Waals surface area contributed by atoms with E-state index in [9.17, 15) is 10.2 Å². The van der Waals surface area contributed by atoms with E-state index in [2.05, 4.69) is 41.5 Å². The Kier molecular flexibility index (Phi) is 4.26. The summed E-state index contributed by atoms with van der Waals surface area (Å²) in [7, 11) is 0. The van der Waals surface area contributed by atoms with Crippen LogP contribution in [0.15, 0.2) is 12.1 Å². The molecule has 0 aromatic heterocycles. The fraction of sp³-hybridized carbons (Fsp3) is 0.778. The molecule has 0 unspecified atom stereocenters. The zero-order valence-electron chi connectivity index (χ0n) is 19.7. The number of aliphatic hydroxyl groups is 1. The van der Waals surface area contributed by atoms with Crippen LogP contribution < -0.4 is 4.74 Å². The Morgan fingerprint density at radius 1 is 0.867 bits per heavy atom. The first-order valence-electron chi connectivity index (χ1n) is 12.1. The van der Waals surface area contributed by atoms with Crippen molar-refractivity contribution in [2.75, 3.05) is 0 Å². The number of aliphatic hydroxyl groups excluding tert-OH is 1. The highest BCUT2D eigenvalue weighted by Gasteiger charge is 2.66. The van der Waals surface area contributed by atoms with Gasteiger partial charge in [0.1, 0.15) is 17.1 Å². The Morgan fingerprint density at radius 3 is 2.23 bits per heavy atom. The van der Waals surface area contributed by atoms with Gasteiger partial charge in [-0.05, 0) is 110 Å². The molecule has 0 bridgehead atoms. The van der Waals surface area contributed by atoms with Gasteiger partial charge < -0.3 is 14.9 Å². The smallest absolute Gasteiger partial charge is 0.126 e. The Bertz CT molecular complexity index is 875. The lowest BCUT2D eigenvalue weighted by atomic mass is 9.37. The van der Waals surface area contributed by atoms with Gasteiger partial charge in [-0.3, -0.25) is 0 Å². The average molecular weight is 413 g/mol. The van der Waals surface area contributed by atoms with Crippen LogP contribution in [0.1, 0.15) is 84.3 Å². The largest absolute Gasteiger partial charge is 0.508 e. The number of benzene rings is 1. The van der Waals surface area contributed by atoms with Crippen LogP contribution in [0, 0.1) is 40.9 Å². The predicted octanol–water partition coefficient (Wildman–Crippen LogP) is 6.02. The van der Waals surface area contributed by atoms with E-state index < -0.39 is 0 Å². The maximum Gasteiger partial charge on any atom is 0.126 e. The molecule has 1 aromatic carbocycles. The van der Waals surface area contributed by atoms with Gasteiger partial charge in [0.15, 0.2) is 0 Å². The Labute approximate surface area is 182 Å². The van der Waals surface area contributed by atoms with Crippen molar-refractivity contribution in [3.8, 4) is 11.5 Å². The molecule has 3 aliphatic carbocycles. The lowest BCUT2D eigenvalue weighted by molar-refractivity contribution is -0.223. The highest BCUT2D eigenvalue weighted by Crippen LogP contribution is 2.70. The quantitative estimate of drug-likeness (QED) is 0.547. The van der Waals surface area contributed by atoms with Crippen LogP contribution in [0.3, 0.4) is 0 Å². The monoisotopic (exact) mass is 412 g/mol. The zero-order valence-corrected chi connectivity index (χ0v) is 19.7. The lowest BCUT2D eigenvalue weighted by Crippen LogP contribution is -2.66. The predicted molar refractivity (Wildman–Crippen MR) is 120 cm³/mol. The highest BCUT2D eigenvalue weighted by atomic mass is 16.5. The van der Waals surface area contributed by atoms with E-state index >= 15 is 0 Å². The molecular formula is C27H40O3. The first kappa shape index (κ1) is 20.7. The van der Waals surface area contributed by atoms with Gasteiger partial charge in [-0.25, -0.2) is 0 Å². The molecule has 0 spiro atoms. The second-order valence-electron chi connectivity index (χ2n) is 12.5. The van der Waals surface area contributed by atoms with Gasteiger partial charge >= 0.3 is 0 Å². The van der Waals surface area contributed by atoms with Crippen molar-refractivity contribution in [1.82, 2.24) is 0 Å². The molecule has 3 heteroatoms. The summed E-state index contributed by atoms with van der Waals surface area (Å²) < 4.78 is 6.80. The molecule has 3 nitrogen and oxygen atoms in total. The van der Waals surface area contributed by atoms with Crippen molar-refractivity contribution in [3.05, 3.63) is 23.3 Å². The molecule has 0 amide bonds. The maximum absolute atomic E-state index is 10.8. The van der Waals surface area contributed by atoms with Crippen LogP contribution >= 0.6 is 0 Å². The third kappa shape index (κ3) is 2.54. The molecule has 0 saturated heterocycles. The Hall–Kier alpha value is -1.22. The van der Waals surface area contributed by atoms with E-state index in [1.54, 1.807) is 0 Å². The summed E-state index contributed by atoms with van der Waals surface area (Å²) in [6.45, 7) is 14.1. The van der Waals surface area contributed by atoms with E-state index in [0.717, 1.165) is 37.0 Å². The number of hydrogen-bond acceptors (Lipinski definition) is 3. The standard InChI is InChI=1S/C27H40O3/c1-16-13-18(28)14-17-15-21-26(5)10-7-19-24(2,3)22(29)9-11-25(19,4)20(26)8-12-27(21,6)30-23(16)17/h13-14,19-22,28-29H,7-12,15H2,1-6H3/t19-,20-,21+,22+,25-,26+,27+/m0/s1. The summed E-state index contributed by atoms with van der Waals surface area (Å²) >= 11 is 0. The van der Waals surface area contributed by atoms with E-state index in [4.69, 9.17) is 4.74 Å². The molecule has 7 atom stereocenters. The number of phenolic OH excluding ortho intramolecular Hbond substituents is 1. The maximum atomic E-state index is 10.8. The normalized spacial score (nSPS) is 46.6. The fourth-order valence-electron chi connectivity index (χ4n) is 9.11. The first-order valence-corrected chi connectivity index (χ1v) is 12.1. The molecular weight excluding hydrogens is 372 g/mol. The van der Waals surface area contributed by atoms with Crippen molar-refractivity contribution in [2.24, 2.45) is 34.0 Å². The topological polar surface area (TPSA) is 49.7 Å². The Morgan fingerprint density at radius 2 is 1.50 bits per heavy atom. The summed E-state index contributed by atoms with van der Waals surface area (Å²) in [6, 6.07) is 3.76. The van der Waals surface area contributed by atoms with Crippen LogP contribution in [-0.4, -0.2) is 21.9 Å². The van der Waals surface area contributed by atoms with Gasteiger partial charge in [0.2, 0.25) is 0 Å². The van der Waals surface area contributed by atoms with E-state index in [0.29, 0.717) is 23.5 Å². The summed E-state index contributed by atoms with van der Waals surface area (Å²) in [5, 5.41) is 21.0. The number of hydrogen-bond donors (Lipinski definition) is 2. The molecule has 1 aliphatic heterocycles. The first-order chi connectivity index (χ1) is 13.9. The Balaban J connectivity index is 1.56. The van der Waals surface area contributed by atoms with Gasteiger partial charge in [0, 0.05) is 5.92 Å². The molecule has 5 rings (SSSR count). The number of fused-ring (bicyclic) bond motifs is 6. The van der Waals surface area contributed by atoms with Crippen LogP contribution in [-0.2, 0) is 6.42 Å². The van der Waals surface area contributed by atoms with Crippen molar-refractivity contribution in [3.63, 3.8) is 0 Å². The number of phenols is 1. The summed E-state index contributed by atoms with van der Waals surface area (Å²) in [6.07, 6.45) is 7.63. The third-order valence-electron chi connectivity index (χ3n) is 10.6. The number of aryl methyl sites for hydroxylation is 1. The van der Waals surface area contributed by atoms with Crippen molar-refractivity contribution in [1.29, 1.82) is 0 Å². The zero-order chi connectivity index (χ0) is 21.7. The van der Waals surface area contributed by atoms with E-state index in [1.807, 2.05) is 12.1 Å². The molecule has 166 valence electrons. The minimum atomic E-state index is -0.176. The number of rotatable bonds is 0. The third-order valence-corrected chi connectivity index (χ3v) is 10.6. The number of ether oxygens (including phenoxy) is 1. The van der Waals surface area contributed by atoms with Crippen LogP contribution in [0.5, 0.6) is 11.5 Å². The van der Waals surface area contributed by atoms with Gasteiger partial charge in [-0.1, -0.05) is 27.7 Å².